The summed E-state index contributed by atoms with van der Waals surface area (Å²) in [6, 6.07) is 5.43. The molecule has 1 fully saturated rings. The lowest BCUT2D eigenvalue weighted by Crippen LogP contribution is -2.38. The van der Waals surface area contributed by atoms with E-state index in [4.69, 9.17) is 0 Å². The van der Waals surface area contributed by atoms with Crippen LogP contribution < -0.4 is 5.32 Å². The fourth-order valence-corrected chi connectivity index (χ4v) is 4.11. The summed E-state index contributed by atoms with van der Waals surface area (Å²) >= 11 is 1.47. The highest BCUT2D eigenvalue weighted by molar-refractivity contribution is 7.13. The second-order valence-electron chi connectivity index (χ2n) is 6.90. The average Bonchev–Trinajstić information content (AvgIpc) is 2.93. The van der Waals surface area contributed by atoms with Crippen LogP contribution in [0.3, 0.4) is 0 Å². The molecule has 0 radical (unpaired) electrons. The number of nitrogens with zero attached hydrogens (tertiary/aromatic N) is 3. The zero-order chi connectivity index (χ0) is 17.1. The standard InChI is InChI=1S/C18H24N4OS/c1-12-7-13(2)9-22(8-12)10-15-11-24-18(20-15)21-17(23)16-6-4-5-14(3)19-16/h4-6,11-13H,7-10H2,1-3H3,(H,20,21,23). The predicted molar refractivity (Wildman–Crippen MR) is 97.3 cm³/mol. The van der Waals surface area contributed by atoms with Crippen molar-refractivity contribution in [1.82, 2.24) is 14.9 Å². The van der Waals surface area contributed by atoms with Crippen molar-refractivity contribution in [2.24, 2.45) is 11.8 Å². The molecule has 2 aromatic heterocycles. The fraction of sp³-hybridized carbons (Fsp3) is 0.500. The van der Waals surface area contributed by atoms with Crippen LogP contribution in [0.5, 0.6) is 0 Å². The third-order valence-electron chi connectivity index (χ3n) is 4.22. The van der Waals surface area contributed by atoms with Crippen molar-refractivity contribution in [3.05, 3.63) is 40.7 Å². The SMILES string of the molecule is Cc1cccc(C(=O)Nc2nc(CN3CC(C)CC(C)C3)cs2)n1. The second kappa shape index (κ2) is 7.40. The molecule has 3 rings (SSSR count). The summed E-state index contributed by atoms with van der Waals surface area (Å²) in [5.41, 5.74) is 2.27. The first-order valence-electron chi connectivity index (χ1n) is 8.41. The van der Waals surface area contributed by atoms with Crippen molar-refractivity contribution in [3.8, 4) is 0 Å². The van der Waals surface area contributed by atoms with Gasteiger partial charge in [-0.3, -0.25) is 15.0 Å². The van der Waals surface area contributed by atoms with E-state index in [0.29, 0.717) is 10.8 Å². The number of anilines is 1. The van der Waals surface area contributed by atoms with Gasteiger partial charge in [-0.2, -0.15) is 0 Å². The van der Waals surface area contributed by atoms with Crippen molar-refractivity contribution in [2.75, 3.05) is 18.4 Å². The molecule has 1 aliphatic rings. The van der Waals surface area contributed by atoms with E-state index in [0.717, 1.165) is 42.9 Å². The number of thiazole rings is 1. The molecule has 1 N–H and O–H groups in total. The smallest absolute Gasteiger partial charge is 0.276 e. The Hall–Kier alpha value is -1.79. The van der Waals surface area contributed by atoms with Crippen molar-refractivity contribution in [3.63, 3.8) is 0 Å². The molecule has 5 nitrogen and oxygen atoms in total. The lowest BCUT2D eigenvalue weighted by atomic mass is 9.92. The zero-order valence-corrected chi connectivity index (χ0v) is 15.3. The maximum Gasteiger partial charge on any atom is 0.276 e. The number of aryl methyl sites for hydroxylation is 1. The minimum Gasteiger partial charge on any atom is -0.297 e. The summed E-state index contributed by atoms with van der Waals surface area (Å²) in [6.45, 7) is 9.59. The number of pyridine rings is 1. The number of piperidine rings is 1. The molecule has 0 aromatic carbocycles. The van der Waals surface area contributed by atoms with Crippen molar-refractivity contribution in [2.45, 2.75) is 33.7 Å². The Balaban J connectivity index is 1.60. The van der Waals surface area contributed by atoms with E-state index in [2.05, 4.69) is 34.0 Å². The van der Waals surface area contributed by atoms with Gasteiger partial charge < -0.3 is 0 Å². The van der Waals surface area contributed by atoms with E-state index in [1.165, 1.54) is 17.8 Å². The maximum absolute atomic E-state index is 12.2. The van der Waals surface area contributed by atoms with E-state index >= 15 is 0 Å². The van der Waals surface area contributed by atoms with Crippen LogP contribution in [-0.4, -0.2) is 33.9 Å². The Labute approximate surface area is 147 Å². The van der Waals surface area contributed by atoms with Gasteiger partial charge in [-0.05, 0) is 37.3 Å². The fourth-order valence-electron chi connectivity index (χ4n) is 3.42. The highest BCUT2D eigenvalue weighted by atomic mass is 32.1. The Morgan fingerprint density at radius 3 is 2.75 bits per heavy atom. The van der Waals surface area contributed by atoms with Gasteiger partial charge >= 0.3 is 0 Å². The Kier molecular flexibility index (Phi) is 5.26. The minimum atomic E-state index is -0.209. The third-order valence-corrected chi connectivity index (χ3v) is 5.03. The van der Waals surface area contributed by atoms with Crippen LogP contribution in [0.1, 0.15) is 42.1 Å². The predicted octanol–water partition coefficient (Wildman–Crippen LogP) is 3.58. The van der Waals surface area contributed by atoms with Crippen LogP contribution in [0.4, 0.5) is 5.13 Å². The summed E-state index contributed by atoms with van der Waals surface area (Å²) in [7, 11) is 0. The summed E-state index contributed by atoms with van der Waals surface area (Å²) < 4.78 is 0. The second-order valence-corrected chi connectivity index (χ2v) is 7.76. The monoisotopic (exact) mass is 344 g/mol. The van der Waals surface area contributed by atoms with Gasteiger partial charge in [0.05, 0.1) is 5.69 Å². The topological polar surface area (TPSA) is 58.1 Å². The molecule has 2 unspecified atom stereocenters. The summed E-state index contributed by atoms with van der Waals surface area (Å²) in [6.07, 6.45) is 1.30. The summed E-state index contributed by atoms with van der Waals surface area (Å²) in [4.78, 5) is 23.5. The van der Waals surface area contributed by atoms with E-state index in [9.17, 15) is 4.79 Å². The first-order valence-corrected chi connectivity index (χ1v) is 9.29. The van der Waals surface area contributed by atoms with Gasteiger partial charge in [-0.25, -0.2) is 9.97 Å². The molecule has 2 atom stereocenters. The van der Waals surface area contributed by atoms with Crippen LogP contribution in [0.15, 0.2) is 23.6 Å². The van der Waals surface area contributed by atoms with Gasteiger partial charge in [0, 0.05) is 30.7 Å². The number of hydrogen-bond donors (Lipinski definition) is 1. The quantitative estimate of drug-likeness (QED) is 0.921. The zero-order valence-electron chi connectivity index (χ0n) is 14.5. The van der Waals surface area contributed by atoms with Gasteiger partial charge in [0.25, 0.3) is 5.91 Å². The number of carbonyl (C=O) groups is 1. The van der Waals surface area contributed by atoms with E-state index in [-0.39, 0.29) is 5.91 Å². The molecule has 6 heteroatoms. The number of likely N-dealkylation sites (tertiary alicyclic amines) is 1. The molecule has 1 saturated heterocycles. The summed E-state index contributed by atoms with van der Waals surface area (Å²) in [5.74, 6) is 1.26. The number of hydrogen-bond acceptors (Lipinski definition) is 5. The molecule has 0 saturated carbocycles. The molecule has 128 valence electrons. The van der Waals surface area contributed by atoms with Crippen LogP contribution in [0.2, 0.25) is 0 Å². The maximum atomic E-state index is 12.2. The first kappa shape index (κ1) is 17.0. The molecular weight excluding hydrogens is 320 g/mol. The summed E-state index contributed by atoms with van der Waals surface area (Å²) in [5, 5.41) is 5.51. The lowest BCUT2D eigenvalue weighted by molar-refractivity contribution is 0.102. The molecule has 1 amide bonds. The van der Waals surface area contributed by atoms with Gasteiger partial charge in [-0.15, -0.1) is 11.3 Å². The lowest BCUT2D eigenvalue weighted by Gasteiger charge is -2.34. The number of amides is 1. The van der Waals surface area contributed by atoms with Gasteiger partial charge in [0.1, 0.15) is 5.69 Å². The molecule has 3 heterocycles. The molecule has 1 aliphatic heterocycles. The third kappa shape index (κ3) is 4.39. The van der Waals surface area contributed by atoms with Gasteiger partial charge in [-0.1, -0.05) is 19.9 Å². The van der Waals surface area contributed by atoms with Crippen molar-refractivity contribution >= 4 is 22.4 Å². The van der Waals surface area contributed by atoms with E-state index in [1.54, 1.807) is 6.07 Å². The van der Waals surface area contributed by atoms with E-state index < -0.39 is 0 Å². The minimum absolute atomic E-state index is 0.209. The van der Waals surface area contributed by atoms with Crippen LogP contribution >= 0.6 is 11.3 Å². The highest BCUT2D eigenvalue weighted by Gasteiger charge is 2.22. The Morgan fingerprint density at radius 2 is 2.04 bits per heavy atom. The highest BCUT2D eigenvalue weighted by Crippen LogP contribution is 2.24. The molecule has 0 aliphatic carbocycles. The normalized spacial score (nSPS) is 21.6. The number of nitrogens with one attached hydrogen (secondary N) is 1. The first-order chi connectivity index (χ1) is 11.5. The van der Waals surface area contributed by atoms with E-state index in [1.807, 2.05) is 24.4 Å². The Morgan fingerprint density at radius 1 is 1.29 bits per heavy atom. The molecular formula is C18H24N4OS. The number of rotatable bonds is 4. The van der Waals surface area contributed by atoms with Crippen LogP contribution in [-0.2, 0) is 6.54 Å². The largest absolute Gasteiger partial charge is 0.297 e. The van der Waals surface area contributed by atoms with Crippen LogP contribution in [0, 0.1) is 18.8 Å². The Bertz CT molecular complexity index is 705. The van der Waals surface area contributed by atoms with Crippen molar-refractivity contribution < 1.29 is 4.79 Å². The van der Waals surface area contributed by atoms with Gasteiger partial charge in [0.15, 0.2) is 5.13 Å². The van der Waals surface area contributed by atoms with Crippen LogP contribution in [0.25, 0.3) is 0 Å². The molecule has 24 heavy (non-hydrogen) atoms. The molecule has 2 aromatic rings. The molecule has 0 bridgehead atoms. The number of aromatic nitrogens is 2. The molecule has 0 spiro atoms. The average molecular weight is 344 g/mol. The number of carbonyl (C=O) groups excluding carboxylic acids is 1. The van der Waals surface area contributed by atoms with Crippen molar-refractivity contribution in [1.29, 1.82) is 0 Å². The van der Waals surface area contributed by atoms with Gasteiger partial charge in [0.2, 0.25) is 0 Å².